The van der Waals surface area contributed by atoms with Crippen LogP contribution in [0.25, 0.3) is 0 Å². The summed E-state index contributed by atoms with van der Waals surface area (Å²) in [6, 6.07) is 0. The monoisotopic (exact) mass is 266 g/mol. The molecule has 1 aromatic heterocycles. The number of carbonyl (C=O) groups is 1. The molecule has 5 nitrogen and oxygen atoms in total. The summed E-state index contributed by atoms with van der Waals surface area (Å²) in [5, 5.41) is 10.3. The highest BCUT2D eigenvalue weighted by Crippen LogP contribution is 2.37. The molecule has 18 heavy (non-hydrogen) atoms. The second-order valence-corrected chi connectivity index (χ2v) is 6.43. The van der Waals surface area contributed by atoms with Crippen molar-refractivity contribution >= 4 is 17.7 Å². The summed E-state index contributed by atoms with van der Waals surface area (Å²) in [6.45, 7) is 0.733. The molecule has 1 amide bonds. The number of nitrogens with one attached hydrogen (secondary N) is 2. The number of hydrogen-bond donors (Lipinski definition) is 2. The number of nitrogens with zero attached hydrogens (tertiary/aromatic N) is 2. The minimum Gasteiger partial charge on any atom is -0.348 e. The molecule has 1 aliphatic heterocycles. The Labute approximate surface area is 111 Å². The third-order valence-electron chi connectivity index (χ3n) is 3.43. The van der Waals surface area contributed by atoms with Gasteiger partial charge >= 0.3 is 0 Å². The minimum absolute atomic E-state index is 0.149. The lowest BCUT2D eigenvalue weighted by molar-refractivity contribution is 0.0943. The van der Waals surface area contributed by atoms with Crippen LogP contribution in [-0.4, -0.2) is 38.6 Å². The van der Waals surface area contributed by atoms with Gasteiger partial charge in [0.15, 0.2) is 0 Å². The van der Waals surface area contributed by atoms with E-state index in [1.54, 1.807) is 0 Å². The first-order chi connectivity index (χ1) is 8.83. The highest BCUT2D eigenvalue weighted by atomic mass is 32.2. The van der Waals surface area contributed by atoms with Gasteiger partial charge in [-0.05, 0) is 31.4 Å². The van der Waals surface area contributed by atoms with Crippen LogP contribution in [-0.2, 0) is 0 Å². The topological polar surface area (TPSA) is 70.7 Å². The molecular formula is C12H18N4OS. The maximum absolute atomic E-state index is 11.9. The van der Waals surface area contributed by atoms with Gasteiger partial charge in [-0.3, -0.25) is 9.89 Å². The Morgan fingerprint density at radius 3 is 3.00 bits per heavy atom. The molecule has 6 heteroatoms. The molecule has 1 saturated heterocycles. The van der Waals surface area contributed by atoms with Gasteiger partial charge in [0, 0.05) is 17.7 Å². The first-order valence-corrected chi connectivity index (χ1v) is 7.70. The van der Waals surface area contributed by atoms with E-state index in [9.17, 15) is 4.79 Å². The van der Waals surface area contributed by atoms with Gasteiger partial charge in [0.1, 0.15) is 5.82 Å². The fraction of sp³-hybridized carbons (Fsp3) is 0.750. The maximum Gasteiger partial charge on any atom is 0.290 e. The van der Waals surface area contributed by atoms with E-state index in [0.717, 1.165) is 25.2 Å². The minimum atomic E-state index is -0.149. The molecule has 0 radical (unpaired) electrons. The van der Waals surface area contributed by atoms with Crippen LogP contribution in [0.5, 0.6) is 0 Å². The molecule has 98 valence electrons. The number of aromatic nitrogens is 3. The molecule has 0 spiro atoms. The van der Waals surface area contributed by atoms with Crippen LogP contribution in [0.1, 0.15) is 54.5 Å². The quantitative estimate of drug-likeness (QED) is 0.870. The van der Waals surface area contributed by atoms with Crippen molar-refractivity contribution in [1.29, 1.82) is 0 Å². The number of amides is 1. The molecule has 0 aromatic carbocycles. The van der Waals surface area contributed by atoms with E-state index in [1.165, 1.54) is 25.0 Å². The van der Waals surface area contributed by atoms with E-state index in [4.69, 9.17) is 0 Å². The predicted molar refractivity (Wildman–Crippen MR) is 70.8 cm³/mol. The first-order valence-electron chi connectivity index (χ1n) is 6.65. The van der Waals surface area contributed by atoms with Crippen molar-refractivity contribution in [1.82, 2.24) is 20.5 Å². The van der Waals surface area contributed by atoms with Gasteiger partial charge in [-0.1, -0.05) is 6.42 Å². The molecule has 2 heterocycles. The predicted octanol–water partition coefficient (Wildman–Crippen LogP) is 1.70. The summed E-state index contributed by atoms with van der Waals surface area (Å²) in [5.74, 6) is 2.73. The molecule has 1 aromatic rings. The average molecular weight is 266 g/mol. The molecule has 1 unspecified atom stereocenters. The molecule has 3 rings (SSSR count). The Morgan fingerprint density at radius 1 is 1.39 bits per heavy atom. The largest absolute Gasteiger partial charge is 0.348 e. The zero-order chi connectivity index (χ0) is 12.4. The molecule has 1 aliphatic carbocycles. The lowest BCUT2D eigenvalue weighted by atomic mass is 10.2. The fourth-order valence-corrected chi connectivity index (χ4v) is 3.41. The van der Waals surface area contributed by atoms with Crippen LogP contribution in [0.15, 0.2) is 0 Å². The zero-order valence-electron chi connectivity index (χ0n) is 10.3. The molecule has 0 bridgehead atoms. The smallest absolute Gasteiger partial charge is 0.290 e. The van der Waals surface area contributed by atoms with Gasteiger partial charge in [-0.2, -0.15) is 11.8 Å². The highest BCUT2D eigenvalue weighted by molar-refractivity contribution is 7.99. The number of carbonyl (C=O) groups excluding carboxylic acids is 1. The number of aromatic amines is 1. The second-order valence-electron chi connectivity index (χ2n) is 5.02. The van der Waals surface area contributed by atoms with Gasteiger partial charge in [-0.15, -0.1) is 5.10 Å². The van der Waals surface area contributed by atoms with E-state index in [-0.39, 0.29) is 11.7 Å². The molecular weight excluding hydrogens is 248 g/mol. The molecule has 2 fully saturated rings. The van der Waals surface area contributed by atoms with Gasteiger partial charge in [-0.25, -0.2) is 4.98 Å². The summed E-state index contributed by atoms with van der Waals surface area (Å²) in [6.07, 6.45) is 6.11. The summed E-state index contributed by atoms with van der Waals surface area (Å²) in [7, 11) is 0. The highest BCUT2D eigenvalue weighted by Gasteiger charge is 2.28. The summed E-state index contributed by atoms with van der Waals surface area (Å²) in [4.78, 5) is 16.1. The third-order valence-corrected chi connectivity index (χ3v) is 4.83. The zero-order valence-corrected chi connectivity index (χ0v) is 11.1. The van der Waals surface area contributed by atoms with Crippen molar-refractivity contribution < 1.29 is 4.79 Å². The number of H-pyrrole nitrogens is 1. The van der Waals surface area contributed by atoms with E-state index in [0.29, 0.717) is 11.2 Å². The summed E-state index contributed by atoms with van der Waals surface area (Å²) in [5.41, 5.74) is 0. The molecule has 1 atom stereocenters. The van der Waals surface area contributed by atoms with Crippen LogP contribution in [0.3, 0.4) is 0 Å². The lowest BCUT2D eigenvalue weighted by Crippen LogP contribution is -2.32. The number of hydrogen-bond acceptors (Lipinski definition) is 4. The third kappa shape index (κ3) is 2.85. The van der Waals surface area contributed by atoms with Crippen molar-refractivity contribution in [2.75, 3.05) is 12.3 Å². The van der Waals surface area contributed by atoms with Crippen LogP contribution in [0.4, 0.5) is 0 Å². The lowest BCUT2D eigenvalue weighted by Gasteiger charge is -2.20. The van der Waals surface area contributed by atoms with Crippen molar-refractivity contribution in [3.63, 3.8) is 0 Å². The fourth-order valence-electron chi connectivity index (χ4n) is 2.17. The van der Waals surface area contributed by atoms with Gasteiger partial charge in [0.25, 0.3) is 5.91 Å². The standard InChI is InChI=1S/C12H18N4OS/c17-12(13-7-9-3-1-2-6-18-9)11-14-10(15-16-11)8-4-5-8/h8-9H,1-7H2,(H,13,17)(H,14,15,16). The van der Waals surface area contributed by atoms with E-state index >= 15 is 0 Å². The maximum atomic E-state index is 11.9. The van der Waals surface area contributed by atoms with Gasteiger partial charge in [0.05, 0.1) is 0 Å². The summed E-state index contributed by atoms with van der Waals surface area (Å²) >= 11 is 1.96. The number of thioether (sulfide) groups is 1. The molecule has 2 N–H and O–H groups in total. The van der Waals surface area contributed by atoms with E-state index in [1.807, 2.05) is 11.8 Å². The van der Waals surface area contributed by atoms with Crippen LogP contribution in [0.2, 0.25) is 0 Å². The van der Waals surface area contributed by atoms with Crippen LogP contribution >= 0.6 is 11.8 Å². The van der Waals surface area contributed by atoms with E-state index < -0.39 is 0 Å². The van der Waals surface area contributed by atoms with Crippen molar-refractivity contribution in [2.45, 2.75) is 43.3 Å². The van der Waals surface area contributed by atoms with Crippen molar-refractivity contribution in [3.8, 4) is 0 Å². The Balaban J connectivity index is 1.50. The van der Waals surface area contributed by atoms with Crippen molar-refractivity contribution in [3.05, 3.63) is 11.6 Å². The Kier molecular flexibility index (Phi) is 3.54. The Morgan fingerprint density at radius 2 is 2.28 bits per heavy atom. The normalized spacial score (nSPS) is 23.9. The summed E-state index contributed by atoms with van der Waals surface area (Å²) < 4.78 is 0. The Bertz CT molecular complexity index is 423. The first kappa shape index (κ1) is 12.0. The van der Waals surface area contributed by atoms with Gasteiger partial charge < -0.3 is 5.32 Å². The van der Waals surface area contributed by atoms with Gasteiger partial charge in [0.2, 0.25) is 5.82 Å². The Hall–Kier alpha value is -1.04. The second kappa shape index (κ2) is 5.30. The van der Waals surface area contributed by atoms with Crippen molar-refractivity contribution in [2.24, 2.45) is 0 Å². The number of rotatable bonds is 4. The molecule has 2 aliphatic rings. The average Bonchev–Trinajstić information content (AvgIpc) is 3.15. The molecule has 1 saturated carbocycles. The van der Waals surface area contributed by atoms with Crippen LogP contribution in [0, 0.1) is 0 Å². The van der Waals surface area contributed by atoms with Crippen LogP contribution < -0.4 is 5.32 Å². The SMILES string of the molecule is O=C(NCC1CCCCS1)c1n[nH]c(C2CC2)n1. The van der Waals surface area contributed by atoms with E-state index in [2.05, 4.69) is 20.5 Å².